The standard InChI is InChI=1S/C14H18N2/c1-10(7-11(2)15)14-9-16-8-12-5-3-4-6-13(12)14/h3-6,8-11H,7,15H2,1-2H3. The zero-order valence-electron chi connectivity index (χ0n) is 9.85. The maximum atomic E-state index is 5.85. The summed E-state index contributed by atoms with van der Waals surface area (Å²) in [6.07, 6.45) is 4.88. The molecule has 2 aromatic rings. The van der Waals surface area contributed by atoms with Crippen molar-refractivity contribution in [2.45, 2.75) is 32.2 Å². The molecule has 2 unspecified atom stereocenters. The Morgan fingerprint density at radius 3 is 2.69 bits per heavy atom. The van der Waals surface area contributed by atoms with E-state index in [9.17, 15) is 0 Å². The van der Waals surface area contributed by atoms with Gasteiger partial charge in [-0.25, -0.2) is 0 Å². The van der Waals surface area contributed by atoms with E-state index >= 15 is 0 Å². The number of nitrogens with two attached hydrogens (primary N) is 1. The number of aromatic nitrogens is 1. The van der Waals surface area contributed by atoms with Crippen LogP contribution in [0.3, 0.4) is 0 Å². The molecule has 0 aliphatic heterocycles. The van der Waals surface area contributed by atoms with Crippen LogP contribution in [-0.4, -0.2) is 11.0 Å². The van der Waals surface area contributed by atoms with Crippen molar-refractivity contribution in [3.05, 3.63) is 42.2 Å². The predicted octanol–water partition coefficient (Wildman–Crippen LogP) is 3.08. The summed E-state index contributed by atoms with van der Waals surface area (Å²) in [5.74, 6) is 0.457. The molecule has 2 atom stereocenters. The summed E-state index contributed by atoms with van der Waals surface area (Å²) >= 11 is 0. The first-order chi connectivity index (χ1) is 7.68. The Bertz CT molecular complexity index is 472. The van der Waals surface area contributed by atoms with Crippen molar-refractivity contribution in [2.75, 3.05) is 0 Å². The first kappa shape index (κ1) is 11.1. The van der Waals surface area contributed by atoms with E-state index in [0.29, 0.717) is 5.92 Å². The first-order valence-corrected chi connectivity index (χ1v) is 5.76. The number of rotatable bonds is 3. The van der Waals surface area contributed by atoms with Gasteiger partial charge in [0.2, 0.25) is 0 Å². The van der Waals surface area contributed by atoms with Gasteiger partial charge in [0.1, 0.15) is 0 Å². The van der Waals surface area contributed by atoms with Crippen LogP contribution >= 0.6 is 0 Å². The molecule has 1 aromatic heterocycles. The molecule has 2 N–H and O–H groups in total. The summed E-state index contributed by atoms with van der Waals surface area (Å²) in [6, 6.07) is 8.61. The first-order valence-electron chi connectivity index (χ1n) is 5.76. The van der Waals surface area contributed by atoms with Gasteiger partial charge in [-0.2, -0.15) is 0 Å². The Morgan fingerprint density at radius 1 is 1.19 bits per heavy atom. The minimum atomic E-state index is 0.231. The smallest absolute Gasteiger partial charge is 0.0346 e. The third kappa shape index (κ3) is 2.22. The summed E-state index contributed by atoms with van der Waals surface area (Å²) < 4.78 is 0. The summed E-state index contributed by atoms with van der Waals surface area (Å²) in [4.78, 5) is 4.30. The molecule has 1 aromatic carbocycles. The molecule has 0 fully saturated rings. The van der Waals surface area contributed by atoms with Crippen LogP contribution in [0.25, 0.3) is 10.8 Å². The van der Waals surface area contributed by atoms with E-state index in [-0.39, 0.29) is 6.04 Å². The Labute approximate surface area is 96.5 Å². The van der Waals surface area contributed by atoms with E-state index < -0.39 is 0 Å². The van der Waals surface area contributed by atoms with Gasteiger partial charge < -0.3 is 5.73 Å². The van der Waals surface area contributed by atoms with Gasteiger partial charge in [0.15, 0.2) is 0 Å². The number of hydrogen-bond acceptors (Lipinski definition) is 2. The van der Waals surface area contributed by atoms with Crippen molar-refractivity contribution >= 4 is 10.8 Å². The van der Waals surface area contributed by atoms with Crippen LogP contribution in [0.5, 0.6) is 0 Å². The SMILES string of the molecule is CC(N)CC(C)c1cncc2ccccc12. The van der Waals surface area contributed by atoms with E-state index in [1.54, 1.807) is 0 Å². The molecule has 2 nitrogen and oxygen atoms in total. The maximum absolute atomic E-state index is 5.85. The van der Waals surface area contributed by atoms with Crippen LogP contribution in [0.15, 0.2) is 36.7 Å². The van der Waals surface area contributed by atoms with Gasteiger partial charge in [-0.3, -0.25) is 4.98 Å². The number of hydrogen-bond donors (Lipinski definition) is 1. The second-order valence-corrected chi connectivity index (χ2v) is 4.56. The lowest BCUT2D eigenvalue weighted by Gasteiger charge is -2.16. The molecule has 0 radical (unpaired) electrons. The van der Waals surface area contributed by atoms with Crippen LogP contribution < -0.4 is 5.73 Å². The quantitative estimate of drug-likeness (QED) is 0.852. The van der Waals surface area contributed by atoms with Gasteiger partial charge in [0, 0.05) is 23.8 Å². The molecule has 0 saturated heterocycles. The molecular formula is C14H18N2. The average molecular weight is 214 g/mol. The van der Waals surface area contributed by atoms with Crippen molar-refractivity contribution in [3.8, 4) is 0 Å². The third-order valence-electron chi connectivity index (χ3n) is 2.96. The van der Waals surface area contributed by atoms with E-state index in [1.807, 2.05) is 18.5 Å². The van der Waals surface area contributed by atoms with Gasteiger partial charge in [0.05, 0.1) is 0 Å². The van der Waals surface area contributed by atoms with Crippen molar-refractivity contribution in [1.29, 1.82) is 0 Å². The minimum Gasteiger partial charge on any atom is -0.328 e. The number of fused-ring (bicyclic) bond motifs is 1. The zero-order chi connectivity index (χ0) is 11.5. The van der Waals surface area contributed by atoms with Gasteiger partial charge >= 0.3 is 0 Å². The number of benzene rings is 1. The molecule has 2 rings (SSSR count). The van der Waals surface area contributed by atoms with Crippen LogP contribution in [0.2, 0.25) is 0 Å². The normalized spacial score (nSPS) is 14.9. The zero-order valence-corrected chi connectivity index (χ0v) is 9.85. The summed E-state index contributed by atoms with van der Waals surface area (Å²) in [5.41, 5.74) is 7.16. The van der Waals surface area contributed by atoms with Crippen LogP contribution in [0.1, 0.15) is 31.7 Å². The predicted molar refractivity (Wildman–Crippen MR) is 68.4 cm³/mol. The number of pyridine rings is 1. The Morgan fingerprint density at radius 2 is 1.94 bits per heavy atom. The highest BCUT2D eigenvalue weighted by Gasteiger charge is 2.11. The Hall–Kier alpha value is -1.41. The second-order valence-electron chi connectivity index (χ2n) is 4.56. The second kappa shape index (κ2) is 4.62. The van der Waals surface area contributed by atoms with Gasteiger partial charge in [0.25, 0.3) is 0 Å². The molecular weight excluding hydrogens is 196 g/mol. The van der Waals surface area contributed by atoms with E-state index in [0.717, 1.165) is 6.42 Å². The Kier molecular flexibility index (Phi) is 3.20. The van der Waals surface area contributed by atoms with Crippen molar-refractivity contribution in [3.63, 3.8) is 0 Å². The summed E-state index contributed by atoms with van der Waals surface area (Å²) in [6.45, 7) is 4.27. The van der Waals surface area contributed by atoms with E-state index in [2.05, 4.69) is 37.0 Å². The van der Waals surface area contributed by atoms with Gasteiger partial charge in [-0.1, -0.05) is 31.2 Å². The van der Waals surface area contributed by atoms with Crippen LogP contribution in [0.4, 0.5) is 0 Å². The van der Waals surface area contributed by atoms with Crippen LogP contribution in [-0.2, 0) is 0 Å². The molecule has 0 spiro atoms. The highest BCUT2D eigenvalue weighted by atomic mass is 14.6. The molecule has 16 heavy (non-hydrogen) atoms. The lowest BCUT2D eigenvalue weighted by Crippen LogP contribution is -2.17. The highest BCUT2D eigenvalue weighted by molar-refractivity contribution is 5.85. The van der Waals surface area contributed by atoms with E-state index in [1.165, 1.54) is 16.3 Å². The molecule has 0 aliphatic carbocycles. The fourth-order valence-electron chi connectivity index (χ4n) is 2.22. The monoisotopic (exact) mass is 214 g/mol. The lowest BCUT2D eigenvalue weighted by molar-refractivity contribution is 0.587. The molecule has 0 saturated carbocycles. The minimum absolute atomic E-state index is 0.231. The maximum Gasteiger partial charge on any atom is 0.0346 e. The largest absolute Gasteiger partial charge is 0.328 e. The van der Waals surface area contributed by atoms with Crippen molar-refractivity contribution in [2.24, 2.45) is 5.73 Å². The van der Waals surface area contributed by atoms with Crippen LogP contribution in [0, 0.1) is 0 Å². The highest BCUT2D eigenvalue weighted by Crippen LogP contribution is 2.26. The summed E-state index contributed by atoms with van der Waals surface area (Å²) in [5, 5.41) is 2.50. The van der Waals surface area contributed by atoms with Gasteiger partial charge in [-0.05, 0) is 30.2 Å². The topological polar surface area (TPSA) is 38.9 Å². The molecule has 0 bridgehead atoms. The molecule has 0 amide bonds. The van der Waals surface area contributed by atoms with E-state index in [4.69, 9.17) is 5.73 Å². The Balaban J connectivity index is 2.44. The lowest BCUT2D eigenvalue weighted by atomic mass is 9.92. The molecule has 2 heteroatoms. The van der Waals surface area contributed by atoms with Crippen molar-refractivity contribution in [1.82, 2.24) is 4.98 Å². The van der Waals surface area contributed by atoms with Crippen molar-refractivity contribution < 1.29 is 0 Å². The molecule has 84 valence electrons. The average Bonchev–Trinajstić information content (AvgIpc) is 2.27. The number of nitrogens with zero attached hydrogens (tertiary/aromatic N) is 1. The third-order valence-corrected chi connectivity index (χ3v) is 2.96. The fraction of sp³-hybridized carbons (Fsp3) is 0.357. The summed E-state index contributed by atoms with van der Waals surface area (Å²) in [7, 11) is 0. The molecule has 1 heterocycles. The molecule has 0 aliphatic rings. The fourth-order valence-corrected chi connectivity index (χ4v) is 2.22. The van der Waals surface area contributed by atoms with Gasteiger partial charge in [-0.15, -0.1) is 0 Å².